The summed E-state index contributed by atoms with van der Waals surface area (Å²) in [5.74, 6) is -4.44. The molecule has 1 saturated carbocycles. The number of carbonyl (C=O) groups excluding carboxylic acids is 1. The fourth-order valence-corrected chi connectivity index (χ4v) is 4.70. The van der Waals surface area contributed by atoms with Crippen molar-refractivity contribution in [2.75, 3.05) is 0 Å². The summed E-state index contributed by atoms with van der Waals surface area (Å²) in [5.41, 5.74) is -1.00. The van der Waals surface area contributed by atoms with Gasteiger partial charge in [-0.2, -0.15) is 0 Å². The number of phenols is 1. The summed E-state index contributed by atoms with van der Waals surface area (Å²) in [6.45, 7) is 3.07. The van der Waals surface area contributed by atoms with Crippen LogP contribution in [0.2, 0.25) is 5.02 Å². The quantitative estimate of drug-likeness (QED) is 0.559. The second-order valence-corrected chi connectivity index (χ2v) is 8.57. The van der Waals surface area contributed by atoms with Gasteiger partial charge in [0.05, 0.1) is 16.0 Å². The van der Waals surface area contributed by atoms with Crippen LogP contribution in [0.15, 0.2) is 30.3 Å². The van der Waals surface area contributed by atoms with Crippen LogP contribution >= 0.6 is 11.6 Å². The normalized spacial score (nSPS) is 16.2. The van der Waals surface area contributed by atoms with Crippen molar-refractivity contribution in [2.24, 2.45) is 5.92 Å². The lowest BCUT2D eigenvalue weighted by molar-refractivity contribution is -0.146. The third-order valence-electron chi connectivity index (χ3n) is 6.54. The van der Waals surface area contributed by atoms with Crippen molar-refractivity contribution in [1.29, 1.82) is 0 Å². The minimum absolute atomic E-state index is 0.0254. The van der Waals surface area contributed by atoms with Crippen LogP contribution in [-0.2, 0) is 10.2 Å². The van der Waals surface area contributed by atoms with E-state index in [0.29, 0.717) is 12.8 Å². The summed E-state index contributed by atoms with van der Waals surface area (Å²) in [5, 5.41) is 19.9. The molecule has 1 aliphatic rings. The van der Waals surface area contributed by atoms with E-state index in [-0.39, 0.29) is 38.7 Å². The van der Waals surface area contributed by atoms with E-state index < -0.39 is 34.7 Å². The Morgan fingerprint density at radius 1 is 1.19 bits per heavy atom. The van der Waals surface area contributed by atoms with E-state index in [4.69, 9.17) is 11.6 Å². The molecule has 1 atom stereocenters. The van der Waals surface area contributed by atoms with E-state index >= 15 is 4.39 Å². The molecular formula is C23H20ClF2NO4. The van der Waals surface area contributed by atoms with Crippen LogP contribution < -0.4 is 0 Å². The molecule has 2 N–H and O–H groups in total. The van der Waals surface area contributed by atoms with Gasteiger partial charge in [0, 0.05) is 22.2 Å². The van der Waals surface area contributed by atoms with Gasteiger partial charge in [0.2, 0.25) is 0 Å². The standard InChI is InChI=1S/C23H20ClF2NO4/c1-11-19(23(2,22(30)31)13-4-3-5-13)18-16(8-9-17(28)20(18)26)27(11)21(29)12-6-7-14(24)15(25)10-12/h6-10,13,28H,3-5H2,1-2H3,(H,30,31)/t23-/m1/s1. The predicted octanol–water partition coefficient (Wildman–Crippen LogP) is 5.42. The van der Waals surface area contributed by atoms with Crippen molar-refractivity contribution in [3.8, 4) is 5.75 Å². The number of rotatable bonds is 4. The molecule has 0 amide bonds. The maximum Gasteiger partial charge on any atom is 0.314 e. The summed E-state index contributed by atoms with van der Waals surface area (Å²) in [4.78, 5) is 25.8. The second-order valence-electron chi connectivity index (χ2n) is 8.16. The molecule has 0 bridgehead atoms. The number of phenolic OH excluding ortho intramolecular Hbond substituents is 1. The van der Waals surface area contributed by atoms with Crippen molar-refractivity contribution >= 4 is 34.4 Å². The van der Waals surface area contributed by atoms with E-state index in [2.05, 4.69) is 0 Å². The molecule has 1 aliphatic carbocycles. The summed E-state index contributed by atoms with van der Waals surface area (Å²) in [6.07, 6.45) is 2.18. The molecule has 2 aromatic carbocycles. The van der Waals surface area contributed by atoms with Crippen LogP contribution in [0.5, 0.6) is 5.75 Å². The highest BCUT2D eigenvalue weighted by Crippen LogP contribution is 2.49. The number of carboxylic acids is 1. The first-order valence-corrected chi connectivity index (χ1v) is 10.2. The summed E-state index contributed by atoms with van der Waals surface area (Å²) in [6, 6.07) is 6.03. The summed E-state index contributed by atoms with van der Waals surface area (Å²) < 4.78 is 30.3. The van der Waals surface area contributed by atoms with E-state index in [1.54, 1.807) is 0 Å². The highest BCUT2D eigenvalue weighted by atomic mass is 35.5. The number of benzene rings is 2. The third-order valence-corrected chi connectivity index (χ3v) is 6.85. The smallest absolute Gasteiger partial charge is 0.314 e. The SMILES string of the molecule is Cc1c([C@](C)(C(=O)O)C2CCC2)c2c(F)c(O)ccc2n1C(=O)c1ccc(Cl)c(F)c1. The molecule has 1 heterocycles. The molecular weight excluding hydrogens is 428 g/mol. The van der Waals surface area contributed by atoms with Crippen LogP contribution in [0.3, 0.4) is 0 Å². The maximum atomic E-state index is 15.2. The van der Waals surface area contributed by atoms with Gasteiger partial charge in [0.1, 0.15) is 5.82 Å². The van der Waals surface area contributed by atoms with Gasteiger partial charge in [0.15, 0.2) is 11.6 Å². The maximum absolute atomic E-state index is 15.2. The Labute approximate surface area is 181 Å². The molecule has 8 heteroatoms. The van der Waals surface area contributed by atoms with Crippen LogP contribution in [-0.4, -0.2) is 26.7 Å². The van der Waals surface area contributed by atoms with Crippen LogP contribution in [0.25, 0.3) is 10.9 Å². The highest BCUT2D eigenvalue weighted by Gasteiger charge is 2.49. The Balaban J connectivity index is 2.05. The van der Waals surface area contributed by atoms with Gasteiger partial charge >= 0.3 is 5.97 Å². The number of aliphatic carboxylic acids is 1. The van der Waals surface area contributed by atoms with Crippen LogP contribution in [0.1, 0.15) is 47.8 Å². The molecule has 0 radical (unpaired) electrons. The Bertz CT molecular complexity index is 1250. The fourth-order valence-electron chi connectivity index (χ4n) is 4.58. The highest BCUT2D eigenvalue weighted by molar-refractivity contribution is 6.30. The first kappa shape index (κ1) is 21.3. The van der Waals surface area contributed by atoms with Gasteiger partial charge in [0.25, 0.3) is 5.91 Å². The number of aromatic nitrogens is 1. The van der Waals surface area contributed by atoms with E-state index in [0.717, 1.165) is 18.6 Å². The Hall–Kier alpha value is -2.93. The fraction of sp³-hybridized carbons (Fsp3) is 0.304. The van der Waals surface area contributed by atoms with Crippen LogP contribution in [0, 0.1) is 24.5 Å². The first-order valence-electron chi connectivity index (χ1n) is 9.85. The largest absolute Gasteiger partial charge is 0.505 e. The number of hydrogen-bond donors (Lipinski definition) is 2. The molecule has 0 unspecified atom stereocenters. The Morgan fingerprint density at radius 2 is 1.87 bits per heavy atom. The Kier molecular flexibility index (Phi) is 5.04. The molecule has 1 fully saturated rings. The van der Waals surface area contributed by atoms with Crippen LogP contribution in [0.4, 0.5) is 8.78 Å². The van der Waals surface area contributed by atoms with Gasteiger partial charge in [-0.15, -0.1) is 0 Å². The zero-order valence-corrected chi connectivity index (χ0v) is 17.6. The number of fused-ring (bicyclic) bond motifs is 1. The van der Waals surface area contributed by atoms with Gasteiger partial charge in [-0.05, 0) is 62.9 Å². The number of nitrogens with zero attached hydrogens (tertiary/aromatic N) is 1. The number of hydrogen-bond acceptors (Lipinski definition) is 3. The van der Waals surface area contributed by atoms with Gasteiger partial charge < -0.3 is 10.2 Å². The second kappa shape index (κ2) is 7.34. The lowest BCUT2D eigenvalue weighted by Gasteiger charge is -2.40. The molecule has 0 saturated heterocycles. The van der Waals surface area contributed by atoms with Crippen molar-refractivity contribution in [3.63, 3.8) is 0 Å². The van der Waals surface area contributed by atoms with Gasteiger partial charge in [-0.3, -0.25) is 14.2 Å². The van der Waals surface area contributed by atoms with Crippen molar-refractivity contribution in [3.05, 3.63) is 63.8 Å². The molecule has 1 aromatic heterocycles. The molecule has 3 aromatic rings. The predicted molar refractivity (Wildman–Crippen MR) is 112 cm³/mol. The van der Waals surface area contributed by atoms with Crippen molar-refractivity contribution in [1.82, 2.24) is 4.57 Å². The topological polar surface area (TPSA) is 79.5 Å². The molecule has 0 spiro atoms. The Morgan fingerprint density at radius 3 is 2.42 bits per heavy atom. The van der Waals surface area contributed by atoms with Crippen molar-refractivity contribution < 1.29 is 28.6 Å². The summed E-state index contributed by atoms with van der Waals surface area (Å²) >= 11 is 5.72. The van der Waals surface area contributed by atoms with Gasteiger partial charge in [-0.25, -0.2) is 8.78 Å². The molecule has 4 rings (SSSR count). The molecule has 5 nitrogen and oxygen atoms in total. The van der Waals surface area contributed by atoms with E-state index in [1.807, 2.05) is 0 Å². The monoisotopic (exact) mass is 447 g/mol. The lowest BCUT2D eigenvalue weighted by atomic mass is 9.62. The number of halogens is 3. The zero-order chi connectivity index (χ0) is 22.7. The zero-order valence-electron chi connectivity index (χ0n) is 16.9. The van der Waals surface area contributed by atoms with Gasteiger partial charge in [-0.1, -0.05) is 18.0 Å². The number of aromatic hydroxyl groups is 1. The van der Waals surface area contributed by atoms with E-state index in [1.165, 1.54) is 36.6 Å². The third kappa shape index (κ3) is 3.02. The molecule has 162 valence electrons. The van der Waals surface area contributed by atoms with E-state index in [9.17, 15) is 24.2 Å². The lowest BCUT2D eigenvalue weighted by Crippen LogP contribution is -2.44. The average molecular weight is 448 g/mol. The molecule has 31 heavy (non-hydrogen) atoms. The minimum Gasteiger partial charge on any atom is -0.505 e. The average Bonchev–Trinajstić information content (AvgIpc) is 2.97. The number of carbonyl (C=O) groups is 2. The molecule has 0 aliphatic heterocycles. The van der Waals surface area contributed by atoms with Crippen molar-refractivity contribution in [2.45, 2.75) is 38.5 Å². The summed E-state index contributed by atoms with van der Waals surface area (Å²) in [7, 11) is 0. The number of carboxylic acid groups (broad SMARTS) is 1. The first-order chi connectivity index (χ1) is 14.6. The minimum atomic E-state index is -1.47.